The number of aromatic nitrogens is 2. The van der Waals surface area contributed by atoms with Crippen molar-refractivity contribution in [2.24, 2.45) is 5.73 Å². The Bertz CT molecular complexity index is 710. The number of hydrogen-bond acceptors (Lipinski definition) is 4. The van der Waals surface area contributed by atoms with E-state index in [9.17, 15) is 14.0 Å². The maximum atomic E-state index is 12.9. The zero-order valence-corrected chi connectivity index (χ0v) is 12.1. The molecule has 1 aromatic carbocycles. The molecule has 2 rings (SSSR count). The van der Waals surface area contributed by atoms with E-state index in [0.29, 0.717) is 18.7 Å². The summed E-state index contributed by atoms with van der Waals surface area (Å²) in [5.41, 5.74) is 5.69. The zero-order valence-electron chi connectivity index (χ0n) is 12.1. The summed E-state index contributed by atoms with van der Waals surface area (Å²) in [6.45, 7) is 2.27. The van der Waals surface area contributed by atoms with Gasteiger partial charge in [0, 0.05) is 18.7 Å². The number of nitrogens with one attached hydrogen (secondary N) is 1. The molecule has 0 radical (unpaired) electrons. The van der Waals surface area contributed by atoms with Gasteiger partial charge in [-0.1, -0.05) is 0 Å². The molecule has 6 nitrogen and oxygen atoms in total. The van der Waals surface area contributed by atoms with Gasteiger partial charge in [-0.15, -0.1) is 0 Å². The van der Waals surface area contributed by atoms with Gasteiger partial charge in [-0.2, -0.15) is 9.78 Å². The number of nitrogens with two attached hydrogens (primary N) is 1. The Labute approximate surface area is 126 Å². The van der Waals surface area contributed by atoms with Crippen molar-refractivity contribution in [3.05, 3.63) is 58.3 Å². The lowest BCUT2D eigenvalue weighted by molar-refractivity contribution is 0.0946. The van der Waals surface area contributed by atoms with Crippen LogP contribution in [0.25, 0.3) is 5.69 Å². The Balaban J connectivity index is 2.21. The third kappa shape index (κ3) is 3.98. The van der Waals surface area contributed by atoms with Crippen molar-refractivity contribution in [3.8, 4) is 5.69 Å². The smallest absolute Gasteiger partial charge is 0.271 e. The van der Waals surface area contributed by atoms with Gasteiger partial charge >= 0.3 is 0 Å². The average Bonchev–Trinajstić information content (AvgIpc) is 2.48. The molecule has 0 spiro atoms. The van der Waals surface area contributed by atoms with Crippen molar-refractivity contribution in [3.63, 3.8) is 0 Å². The second-order valence-electron chi connectivity index (χ2n) is 4.97. The van der Waals surface area contributed by atoms with Crippen molar-refractivity contribution in [1.29, 1.82) is 0 Å². The normalized spacial score (nSPS) is 12.0. The lowest BCUT2D eigenvalue weighted by atomic mass is 10.2. The number of carbonyl (C=O) groups excluding carboxylic acids is 1. The molecule has 1 unspecified atom stereocenters. The molecule has 0 saturated carbocycles. The summed E-state index contributed by atoms with van der Waals surface area (Å²) in [7, 11) is 0. The van der Waals surface area contributed by atoms with Crippen LogP contribution in [0.1, 0.15) is 23.8 Å². The molecule has 116 valence electrons. The second-order valence-corrected chi connectivity index (χ2v) is 4.97. The topological polar surface area (TPSA) is 90.0 Å². The standard InChI is InChI=1S/C15H17FN4O2/c1-10(17)8-9-18-15(22)13-6-7-14(21)20(19-13)12-4-2-11(16)3-5-12/h2-7,10H,8-9,17H2,1H3,(H,18,22). The second kappa shape index (κ2) is 6.95. The minimum Gasteiger partial charge on any atom is -0.351 e. The molecule has 0 fully saturated rings. The fourth-order valence-corrected chi connectivity index (χ4v) is 1.80. The van der Waals surface area contributed by atoms with Crippen LogP contribution in [-0.2, 0) is 0 Å². The molecular weight excluding hydrogens is 287 g/mol. The molecular formula is C15H17FN4O2. The Hall–Kier alpha value is -2.54. The predicted molar refractivity (Wildman–Crippen MR) is 80.4 cm³/mol. The van der Waals surface area contributed by atoms with E-state index in [1.165, 1.54) is 36.4 Å². The van der Waals surface area contributed by atoms with Gasteiger partial charge in [-0.05, 0) is 43.7 Å². The van der Waals surface area contributed by atoms with Gasteiger partial charge in [-0.25, -0.2) is 4.39 Å². The molecule has 1 heterocycles. The summed E-state index contributed by atoms with van der Waals surface area (Å²) >= 11 is 0. The highest BCUT2D eigenvalue weighted by Crippen LogP contribution is 2.05. The van der Waals surface area contributed by atoms with Crippen LogP contribution in [0.4, 0.5) is 4.39 Å². The number of carbonyl (C=O) groups is 1. The van der Waals surface area contributed by atoms with Gasteiger partial charge in [0.1, 0.15) is 11.5 Å². The first kappa shape index (κ1) is 15.8. The number of benzene rings is 1. The van der Waals surface area contributed by atoms with Crippen LogP contribution >= 0.6 is 0 Å². The third-order valence-electron chi connectivity index (χ3n) is 2.99. The van der Waals surface area contributed by atoms with Crippen LogP contribution in [0, 0.1) is 5.82 Å². The monoisotopic (exact) mass is 304 g/mol. The maximum absolute atomic E-state index is 12.9. The minimum absolute atomic E-state index is 0.0126. The number of nitrogens with zero attached hydrogens (tertiary/aromatic N) is 2. The number of amides is 1. The van der Waals surface area contributed by atoms with Crippen molar-refractivity contribution in [1.82, 2.24) is 15.1 Å². The molecule has 0 aliphatic carbocycles. The highest BCUT2D eigenvalue weighted by Gasteiger charge is 2.10. The predicted octanol–water partition coefficient (Wildman–Crippen LogP) is 0.839. The zero-order chi connectivity index (χ0) is 16.1. The minimum atomic E-state index is -0.415. The lowest BCUT2D eigenvalue weighted by Crippen LogP contribution is -2.31. The van der Waals surface area contributed by atoms with Gasteiger partial charge in [0.2, 0.25) is 0 Å². The van der Waals surface area contributed by atoms with Crippen molar-refractivity contribution < 1.29 is 9.18 Å². The highest BCUT2D eigenvalue weighted by atomic mass is 19.1. The van der Waals surface area contributed by atoms with E-state index in [1.54, 1.807) is 0 Å². The molecule has 0 aliphatic rings. The lowest BCUT2D eigenvalue weighted by Gasteiger charge is -2.09. The Morgan fingerprint density at radius 2 is 2.00 bits per heavy atom. The number of halogens is 1. The fourth-order valence-electron chi connectivity index (χ4n) is 1.80. The van der Waals surface area contributed by atoms with E-state index < -0.39 is 17.3 Å². The van der Waals surface area contributed by atoms with Gasteiger partial charge in [0.05, 0.1) is 5.69 Å². The summed E-state index contributed by atoms with van der Waals surface area (Å²) in [4.78, 5) is 23.8. The molecule has 7 heteroatoms. The maximum Gasteiger partial charge on any atom is 0.271 e. The molecule has 3 N–H and O–H groups in total. The van der Waals surface area contributed by atoms with Crippen molar-refractivity contribution in [2.45, 2.75) is 19.4 Å². The summed E-state index contributed by atoms with van der Waals surface area (Å²) in [6, 6.07) is 7.86. The molecule has 0 bridgehead atoms. The summed E-state index contributed by atoms with van der Waals surface area (Å²) in [5.74, 6) is -0.807. The van der Waals surface area contributed by atoms with Gasteiger partial charge in [0.25, 0.3) is 11.5 Å². The fraction of sp³-hybridized carbons (Fsp3) is 0.267. The molecule has 1 aromatic heterocycles. The SMILES string of the molecule is CC(N)CCNC(=O)c1ccc(=O)n(-c2ccc(F)cc2)n1. The molecule has 1 amide bonds. The van der Waals surface area contributed by atoms with E-state index in [2.05, 4.69) is 10.4 Å². The molecule has 2 aromatic rings. The Morgan fingerprint density at radius 3 is 2.64 bits per heavy atom. The largest absolute Gasteiger partial charge is 0.351 e. The third-order valence-corrected chi connectivity index (χ3v) is 2.99. The Morgan fingerprint density at radius 1 is 1.32 bits per heavy atom. The Kier molecular flexibility index (Phi) is 5.00. The van der Waals surface area contributed by atoms with Gasteiger partial charge in [-0.3, -0.25) is 9.59 Å². The van der Waals surface area contributed by atoms with E-state index in [1.807, 2.05) is 6.92 Å². The molecule has 0 aliphatic heterocycles. The quantitative estimate of drug-likeness (QED) is 0.856. The van der Waals surface area contributed by atoms with E-state index in [0.717, 1.165) is 4.68 Å². The molecule has 22 heavy (non-hydrogen) atoms. The van der Waals surface area contributed by atoms with E-state index >= 15 is 0 Å². The van der Waals surface area contributed by atoms with Gasteiger partial charge in [0.15, 0.2) is 0 Å². The van der Waals surface area contributed by atoms with Crippen molar-refractivity contribution >= 4 is 5.91 Å². The highest BCUT2D eigenvalue weighted by molar-refractivity contribution is 5.92. The first-order valence-electron chi connectivity index (χ1n) is 6.87. The van der Waals surface area contributed by atoms with Crippen LogP contribution in [0.3, 0.4) is 0 Å². The number of rotatable bonds is 5. The van der Waals surface area contributed by atoms with Crippen LogP contribution in [0.2, 0.25) is 0 Å². The van der Waals surface area contributed by atoms with Crippen LogP contribution in [-0.4, -0.2) is 28.3 Å². The average molecular weight is 304 g/mol. The van der Waals surface area contributed by atoms with E-state index in [4.69, 9.17) is 5.73 Å². The molecule has 1 atom stereocenters. The van der Waals surface area contributed by atoms with Gasteiger partial charge < -0.3 is 11.1 Å². The van der Waals surface area contributed by atoms with Crippen LogP contribution in [0.5, 0.6) is 0 Å². The summed E-state index contributed by atoms with van der Waals surface area (Å²) in [6.07, 6.45) is 0.642. The van der Waals surface area contributed by atoms with E-state index in [-0.39, 0.29) is 11.7 Å². The van der Waals surface area contributed by atoms with Crippen LogP contribution in [0.15, 0.2) is 41.2 Å². The van der Waals surface area contributed by atoms with Crippen molar-refractivity contribution in [2.75, 3.05) is 6.54 Å². The molecule has 0 saturated heterocycles. The number of hydrogen-bond donors (Lipinski definition) is 2. The first-order valence-corrected chi connectivity index (χ1v) is 6.87. The first-order chi connectivity index (χ1) is 10.5. The summed E-state index contributed by atoms with van der Waals surface area (Å²) in [5, 5.41) is 6.69. The summed E-state index contributed by atoms with van der Waals surface area (Å²) < 4.78 is 14.0. The van der Waals surface area contributed by atoms with Crippen LogP contribution < -0.4 is 16.6 Å².